The number of carbonyl (C=O) groups is 1. The molecule has 5 nitrogen and oxygen atoms in total. The monoisotopic (exact) mass is 664 g/mol. The van der Waals surface area contributed by atoms with Gasteiger partial charge in [-0.2, -0.15) is 0 Å². The Bertz CT molecular complexity index is 694. The molecule has 3 unspecified atom stereocenters. The number of unbranched alkanes of at least 4 members (excludes halogenated alkanes) is 26. The molecule has 47 heavy (non-hydrogen) atoms. The zero-order valence-corrected chi connectivity index (χ0v) is 31.4. The van der Waals surface area contributed by atoms with Crippen LogP contribution in [0.15, 0.2) is 24.3 Å². The molecule has 5 heteroatoms. The van der Waals surface area contributed by atoms with E-state index in [0.29, 0.717) is 6.42 Å². The molecule has 0 aromatic rings. The average molecular weight is 664 g/mol. The third-order valence-electron chi connectivity index (χ3n) is 9.48. The molecule has 0 aliphatic rings. The van der Waals surface area contributed by atoms with Crippen molar-refractivity contribution in [3.05, 3.63) is 24.3 Å². The van der Waals surface area contributed by atoms with E-state index in [2.05, 4.69) is 31.3 Å². The molecule has 0 aliphatic carbocycles. The number of hydrogen-bond acceptors (Lipinski definition) is 4. The fraction of sp³-hybridized carbons (Fsp3) is 0.881. The standard InChI is InChI=1S/C42H81NO4/c1-3-5-7-9-11-13-15-17-19-20-22-24-26-28-30-32-34-36-41(46)40(38-44)43-42(47)37-39(45)35-33-31-29-27-25-23-21-18-16-14-12-10-8-6-4-2/h18,21,34,36,39-41,44-46H,3-17,19-20,22-33,35,37-38H2,1-2H3,(H,43,47)/b21-18-,36-34+. The van der Waals surface area contributed by atoms with Crippen LogP contribution in [0.5, 0.6) is 0 Å². The van der Waals surface area contributed by atoms with Crippen molar-refractivity contribution in [3.63, 3.8) is 0 Å². The minimum absolute atomic E-state index is 0.00938. The molecule has 0 radical (unpaired) electrons. The van der Waals surface area contributed by atoms with Crippen molar-refractivity contribution < 1.29 is 20.1 Å². The Labute approximate surface area is 292 Å². The lowest BCUT2D eigenvalue weighted by atomic mass is 10.0. The summed E-state index contributed by atoms with van der Waals surface area (Å²) in [5.74, 6) is -0.320. The topological polar surface area (TPSA) is 89.8 Å². The normalized spacial score (nSPS) is 13.9. The van der Waals surface area contributed by atoms with Crippen LogP contribution in [0, 0.1) is 0 Å². The van der Waals surface area contributed by atoms with Gasteiger partial charge >= 0.3 is 0 Å². The molecule has 0 heterocycles. The summed E-state index contributed by atoms with van der Waals surface area (Å²) in [5.41, 5.74) is 0. The number of allylic oxidation sites excluding steroid dienone is 3. The van der Waals surface area contributed by atoms with Crippen LogP contribution in [0.4, 0.5) is 0 Å². The maximum atomic E-state index is 12.4. The van der Waals surface area contributed by atoms with Gasteiger partial charge in [-0.3, -0.25) is 4.79 Å². The van der Waals surface area contributed by atoms with Gasteiger partial charge in [0.2, 0.25) is 5.91 Å². The molecule has 3 atom stereocenters. The SMILES string of the molecule is CCCCCCCC/C=C\CCCCCCCC(O)CC(=O)NC(CO)C(O)/C=C/CCCCCCCCCCCCCCCCC. The summed E-state index contributed by atoms with van der Waals surface area (Å²) >= 11 is 0. The Kier molecular flexibility index (Phi) is 36.7. The summed E-state index contributed by atoms with van der Waals surface area (Å²) in [6.45, 7) is 4.20. The van der Waals surface area contributed by atoms with Crippen LogP contribution in [0.2, 0.25) is 0 Å². The highest BCUT2D eigenvalue weighted by atomic mass is 16.3. The minimum atomic E-state index is -0.928. The molecule has 4 N–H and O–H groups in total. The van der Waals surface area contributed by atoms with Crippen LogP contribution >= 0.6 is 0 Å². The second kappa shape index (κ2) is 37.6. The van der Waals surface area contributed by atoms with Crippen LogP contribution in [-0.4, -0.2) is 46.1 Å². The summed E-state index contributed by atoms with van der Waals surface area (Å²) < 4.78 is 0. The molecule has 0 rings (SSSR count). The van der Waals surface area contributed by atoms with E-state index in [0.717, 1.165) is 38.5 Å². The second-order valence-electron chi connectivity index (χ2n) is 14.2. The maximum absolute atomic E-state index is 12.4. The molecular weight excluding hydrogens is 582 g/mol. The molecule has 0 saturated heterocycles. The van der Waals surface area contributed by atoms with Gasteiger partial charge in [0.15, 0.2) is 0 Å². The minimum Gasteiger partial charge on any atom is -0.394 e. The number of amides is 1. The number of rotatable bonds is 37. The quantitative estimate of drug-likeness (QED) is 0.0393. The van der Waals surface area contributed by atoms with E-state index in [-0.39, 0.29) is 18.9 Å². The van der Waals surface area contributed by atoms with Crippen molar-refractivity contribution in [2.45, 2.75) is 231 Å². The van der Waals surface area contributed by atoms with E-state index in [1.807, 2.05) is 6.08 Å². The van der Waals surface area contributed by atoms with Gasteiger partial charge in [-0.1, -0.05) is 186 Å². The lowest BCUT2D eigenvalue weighted by Crippen LogP contribution is -2.45. The summed E-state index contributed by atoms with van der Waals surface area (Å²) in [4.78, 5) is 12.4. The molecule has 0 aromatic carbocycles. The third-order valence-corrected chi connectivity index (χ3v) is 9.48. The molecule has 0 bridgehead atoms. The summed E-state index contributed by atoms with van der Waals surface area (Å²) in [7, 11) is 0. The number of nitrogens with one attached hydrogen (secondary N) is 1. The zero-order chi connectivity index (χ0) is 34.5. The Morgan fingerprint density at radius 1 is 0.532 bits per heavy atom. The predicted octanol–water partition coefficient (Wildman–Crippen LogP) is 11.4. The van der Waals surface area contributed by atoms with Crippen molar-refractivity contribution >= 4 is 5.91 Å². The van der Waals surface area contributed by atoms with E-state index >= 15 is 0 Å². The lowest BCUT2D eigenvalue weighted by molar-refractivity contribution is -0.124. The van der Waals surface area contributed by atoms with Crippen molar-refractivity contribution in [2.75, 3.05) is 6.61 Å². The fourth-order valence-corrected chi connectivity index (χ4v) is 6.27. The van der Waals surface area contributed by atoms with Gasteiger partial charge in [0, 0.05) is 0 Å². The molecule has 278 valence electrons. The lowest BCUT2D eigenvalue weighted by Gasteiger charge is -2.21. The first-order chi connectivity index (χ1) is 23.0. The van der Waals surface area contributed by atoms with E-state index in [1.54, 1.807) is 6.08 Å². The molecular formula is C42H81NO4. The van der Waals surface area contributed by atoms with Gasteiger partial charge in [-0.25, -0.2) is 0 Å². The van der Waals surface area contributed by atoms with E-state index in [1.165, 1.54) is 148 Å². The van der Waals surface area contributed by atoms with Crippen molar-refractivity contribution in [1.29, 1.82) is 0 Å². The van der Waals surface area contributed by atoms with Crippen molar-refractivity contribution in [1.82, 2.24) is 5.32 Å². The highest BCUT2D eigenvalue weighted by Gasteiger charge is 2.20. The highest BCUT2D eigenvalue weighted by Crippen LogP contribution is 2.15. The van der Waals surface area contributed by atoms with Crippen LogP contribution < -0.4 is 5.32 Å². The Morgan fingerprint density at radius 2 is 0.894 bits per heavy atom. The van der Waals surface area contributed by atoms with Crippen molar-refractivity contribution in [2.24, 2.45) is 0 Å². The first-order valence-corrected chi connectivity index (χ1v) is 20.6. The molecule has 0 aliphatic heterocycles. The van der Waals surface area contributed by atoms with Gasteiger partial charge in [0.1, 0.15) is 0 Å². The van der Waals surface area contributed by atoms with Crippen LogP contribution in [0.1, 0.15) is 213 Å². The molecule has 0 saturated carbocycles. The molecule has 0 fully saturated rings. The van der Waals surface area contributed by atoms with Gasteiger partial charge in [-0.05, 0) is 44.9 Å². The third kappa shape index (κ3) is 34.5. The molecule has 1 amide bonds. The zero-order valence-electron chi connectivity index (χ0n) is 31.4. The molecule has 0 aromatic heterocycles. The Balaban J connectivity index is 3.70. The number of carbonyl (C=O) groups excluding carboxylic acids is 1. The van der Waals surface area contributed by atoms with Crippen LogP contribution in [0.3, 0.4) is 0 Å². The highest BCUT2D eigenvalue weighted by molar-refractivity contribution is 5.76. The fourth-order valence-electron chi connectivity index (χ4n) is 6.27. The smallest absolute Gasteiger partial charge is 0.222 e. The first-order valence-electron chi connectivity index (χ1n) is 20.6. The number of aliphatic hydroxyl groups is 3. The van der Waals surface area contributed by atoms with Gasteiger partial charge in [0.05, 0.1) is 31.3 Å². The molecule has 0 spiro atoms. The summed E-state index contributed by atoms with van der Waals surface area (Å²) in [5, 5.41) is 33.1. The number of hydrogen-bond donors (Lipinski definition) is 4. The summed E-state index contributed by atoms with van der Waals surface area (Å²) in [6.07, 6.45) is 44.5. The van der Waals surface area contributed by atoms with Crippen molar-refractivity contribution in [3.8, 4) is 0 Å². The summed E-state index contributed by atoms with van der Waals surface area (Å²) in [6, 6.07) is -0.744. The first kappa shape index (κ1) is 45.8. The Hall–Kier alpha value is -1.17. The largest absolute Gasteiger partial charge is 0.394 e. The van der Waals surface area contributed by atoms with Gasteiger partial charge in [-0.15, -0.1) is 0 Å². The van der Waals surface area contributed by atoms with E-state index < -0.39 is 18.2 Å². The van der Waals surface area contributed by atoms with Crippen LogP contribution in [0.25, 0.3) is 0 Å². The van der Waals surface area contributed by atoms with E-state index in [9.17, 15) is 20.1 Å². The van der Waals surface area contributed by atoms with Crippen LogP contribution in [-0.2, 0) is 4.79 Å². The maximum Gasteiger partial charge on any atom is 0.222 e. The Morgan fingerprint density at radius 3 is 1.30 bits per heavy atom. The van der Waals surface area contributed by atoms with E-state index in [4.69, 9.17) is 0 Å². The predicted molar refractivity (Wildman–Crippen MR) is 204 cm³/mol. The van der Waals surface area contributed by atoms with Gasteiger partial charge < -0.3 is 20.6 Å². The second-order valence-corrected chi connectivity index (χ2v) is 14.2. The number of aliphatic hydroxyl groups excluding tert-OH is 3. The average Bonchev–Trinajstić information content (AvgIpc) is 3.06. The van der Waals surface area contributed by atoms with Gasteiger partial charge in [0.25, 0.3) is 0 Å².